The van der Waals surface area contributed by atoms with Gasteiger partial charge in [0.2, 0.25) is 0 Å². The molecule has 0 saturated carbocycles. The minimum absolute atomic E-state index is 0.0835. The van der Waals surface area contributed by atoms with Crippen LogP contribution in [-0.2, 0) is 11.2 Å². The van der Waals surface area contributed by atoms with Gasteiger partial charge in [-0.3, -0.25) is 4.98 Å². The lowest BCUT2D eigenvalue weighted by atomic mass is 10.0. The van der Waals surface area contributed by atoms with Gasteiger partial charge in [-0.25, -0.2) is 4.98 Å². The highest BCUT2D eigenvalue weighted by atomic mass is 16.5. The van der Waals surface area contributed by atoms with Crippen LogP contribution in [0.4, 0.5) is 0 Å². The van der Waals surface area contributed by atoms with Gasteiger partial charge in [0, 0.05) is 17.3 Å². The summed E-state index contributed by atoms with van der Waals surface area (Å²) in [5, 5.41) is 10.3. The Kier molecular flexibility index (Phi) is 6.58. The van der Waals surface area contributed by atoms with Gasteiger partial charge < -0.3 is 14.6 Å². The number of aromatic nitrogens is 2. The summed E-state index contributed by atoms with van der Waals surface area (Å²) in [6.07, 6.45) is 10.6. The third kappa shape index (κ3) is 4.47. The first-order valence-corrected chi connectivity index (χ1v) is 9.73. The number of aliphatic hydroxyl groups is 1. The van der Waals surface area contributed by atoms with E-state index in [0.717, 1.165) is 59.5 Å². The molecule has 1 aromatic heterocycles. The van der Waals surface area contributed by atoms with Crippen LogP contribution < -0.4 is 4.74 Å². The summed E-state index contributed by atoms with van der Waals surface area (Å²) in [6, 6.07) is 7.69. The molecule has 0 fully saturated rings. The highest BCUT2D eigenvalue weighted by molar-refractivity contribution is 5.82. The number of allylic oxidation sites excluding steroid dienone is 4. The zero-order valence-electron chi connectivity index (χ0n) is 16.4. The number of aliphatic hydroxyl groups excluding tert-OH is 1. The predicted molar refractivity (Wildman–Crippen MR) is 110 cm³/mol. The van der Waals surface area contributed by atoms with Crippen LogP contribution in [-0.4, -0.2) is 28.5 Å². The Bertz CT molecular complexity index is 885. The Morgan fingerprint density at radius 2 is 2.04 bits per heavy atom. The minimum atomic E-state index is -0.464. The molecule has 1 atom stereocenters. The van der Waals surface area contributed by atoms with E-state index in [0.29, 0.717) is 12.8 Å². The summed E-state index contributed by atoms with van der Waals surface area (Å²) in [5.41, 5.74) is 4.15. The van der Waals surface area contributed by atoms with Crippen molar-refractivity contribution in [3.8, 4) is 17.0 Å². The van der Waals surface area contributed by atoms with Crippen LogP contribution in [0.2, 0.25) is 0 Å². The van der Waals surface area contributed by atoms with Crippen molar-refractivity contribution in [3.05, 3.63) is 59.8 Å². The Balaban J connectivity index is 2.08. The number of aryl methyl sites for hydroxylation is 1. The van der Waals surface area contributed by atoms with Crippen LogP contribution in [0, 0.1) is 5.92 Å². The van der Waals surface area contributed by atoms with Gasteiger partial charge in [0.1, 0.15) is 17.8 Å². The number of rotatable bonds is 7. The van der Waals surface area contributed by atoms with E-state index < -0.39 is 5.92 Å². The second-order valence-corrected chi connectivity index (χ2v) is 6.94. The number of hydrogen-bond acceptors (Lipinski definition) is 5. The van der Waals surface area contributed by atoms with Gasteiger partial charge in [-0.1, -0.05) is 19.4 Å². The van der Waals surface area contributed by atoms with E-state index in [1.165, 1.54) is 0 Å². The maximum atomic E-state index is 11.2. The molecule has 0 spiro atoms. The molecule has 1 aliphatic carbocycles. The van der Waals surface area contributed by atoms with Crippen LogP contribution in [0.5, 0.6) is 5.75 Å². The van der Waals surface area contributed by atoms with Gasteiger partial charge in [-0.05, 0) is 56.0 Å². The van der Waals surface area contributed by atoms with E-state index >= 15 is 0 Å². The van der Waals surface area contributed by atoms with Crippen LogP contribution in [0.15, 0.2) is 48.4 Å². The monoisotopic (exact) mass is 378 g/mol. The summed E-state index contributed by atoms with van der Waals surface area (Å²) < 4.78 is 5.25. The molecule has 0 amide bonds. The molecule has 0 saturated heterocycles. The number of nitrogens with zero attached hydrogens (tertiary/aromatic N) is 2. The quantitative estimate of drug-likeness (QED) is 0.692. The molecule has 1 N–H and O–H groups in total. The number of aldehydes is 1. The van der Waals surface area contributed by atoms with Gasteiger partial charge in [0.25, 0.3) is 0 Å². The van der Waals surface area contributed by atoms with Gasteiger partial charge in [0.15, 0.2) is 0 Å². The molecule has 1 heterocycles. The topological polar surface area (TPSA) is 72.3 Å². The van der Waals surface area contributed by atoms with E-state index in [9.17, 15) is 9.90 Å². The van der Waals surface area contributed by atoms with Gasteiger partial charge in [-0.15, -0.1) is 0 Å². The molecule has 1 aliphatic rings. The van der Waals surface area contributed by atoms with Crippen molar-refractivity contribution < 1.29 is 14.6 Å². The summed E-state index contributed by atoms with van der Waals surface area (Å²) in [5.74, 6) is 0.396. The molecule has 2 aromatic rings. The first-order chi connectivity index (χ1) is 13.7. The number of methoxy groups -OCH3 is 1. The van der Waals surface area contributed by atoms with Crippen LogP contribution in [0.3, 0.4) is 0 Å². The Hall–Kier alpha value is -2.95. The van der Waals surface area contributed by atoms with E-state index in [1.54, 1.807) is 13.2 Å². The minimum Gasteiger partial charge on any atom is -0.512 e. The highest BCUT2D eigenvalue weighted by Gasteiger charge is 2.20. The summed E-state index contributed by atoms with van der Waals surface area (Å²) in [6.45, 7) is 2.15. The van der Waals surface area contributed by atoms with Crippen molar-refractivity contribution in [2.45, 2.75) is 39.0 Å². The van der Waals surface area contributed by atoms with Gasteiger partial charge >= 0.3 is 0 Å². The predicted octanol–water partition coefficient (Wildman–Crippen LogP) is 4.93. The van der Waals surface area contributed by atoms with E-state index in [4.69, 9.17) is 14.7 Å². The van der Waals surface area contributed by atoms with Crippen molar-refractivity contribution in [1.82, 2.24) is 9.97 Å². The van der Waals surface area contributed by atoms with Crippen molar-refractivity contribution in [2.24, 2.45) is 5.92 Å². The molecule has 0 bridgehead atoms. The molecule has 1 unspecified atom stereocenters. The average Bonchev–Trinajstić information content (AvgIpc) is 2.93. The maximum Gasteiger partial charge on any atom is 0.130 e. The molecule has 1 aromatic carbocycles. The fourth-order valence-corrected chi connectivity index (χ4v) is 3.26. The van der Waals surface area contributed by atoms with Gasteiger partial charge in [0.05, 0.1) is 30.1 Å². The Morgan fingerprint density at radius 3 is 2.71 bits per heavy atom. The summed E-state index contributed by atoms with van der Waals surface area (Å²) in [4.78, 5) is 20.8. The maximum absolute atomic E-state index is 11.2. The Morgan fingerprint density at radius 1 is 1.25 bits per heavy atom. The number of ether oxygens (including phenoxy) is 1. The lowest BCUT2D eigenvalue weighted by Gasteiger charge is -2.12. The fourth-order valence-electron chi connectivity index (χ4n) is 3.26. The van der Waals surface area contributed by atoms with Crippen molar-refractivity contribution >= 4 is 11.9 Å². The second kappa shape index (κ2) is 9.31. The molecule has 146 valence electrons. The van der Waals surface area contributed by atoms with Crippen molar-refractivity contribution in [2.75, 3.05) is 7.11 Å². The lowest BCUT2D eigenvalue weighted by molar-refractivity contribution is -0.110. The van der Waals surface area contributed by atoms with Crippen LogP contribution in [0.25, 0.3) is 16.8 Å². The molecular weight excluding hydrogens is 352 g/mol. The lowest BCUT2D eigenvalue weighted by Crippen LogP contribution is -2.04. The number of carbonyl (C=O) groups is 1. The number of hydrogen-bond donors (Lipinski definition) is 1. The van der Waals surface area contributed by atoms with Crippen LogP contribution in [0.1, 0.15) is 44.0 Å². The zero-order chi connectivity index (χ0) is 19.9. The SMILES string of the molecule is CCCCc1cnc(-c2ccc(OC)cc2)c(C2=CCCC(C=O)C(O)=C2)n1. The van der Waals surface area contributed by atoms with E-state index in [-0.39, 0.29) is 5.76 Å². The number of benzene rings is 1. The summed E-state index contributed by atoms with van der Waals surface area (Å²) >= 11 is 0. The molecule has 3 rings (SSSR count). The van der Waals surface area contributed by atoms with E-state index in [1.807, 2.05) is 36.5 Å². The molecule has 0 radical (unpaired) electrons. The number of carbonyl (C=O) groups excluding carboxylic acids is 1. The normalized spacial score (nSPS) is 16.7. The molecule has 5 nitrogen and oxygen atoms in total. The van der Waals surface area contributed by atoms with E-state index in [2.05, 4.69) is 6.92 Å². The molecule has 0 aliphatic heterocycles. The van der Waals surface area contributed by atoms with Gasteiger partial charge in [-0.2, -0.15) is 0 Å². The highest BCUT2D eigenvalue weighted by Crippen LogP contribution is 2.32. The molecule has 5 heteroatoms. The standard InChI is InChI=1S/C23H26N2O3/c1-3-4-8-19-14-24-22(16-9-11-20(28-2)12-10-16)23(25-19)17-6-5-7-18(15-26)21(27)13-17/h6,9-15,18,27H,3-5,7-8H2,1-2H3. The second-order valence-electron chi connectivity index (χ2n) is 6.94. The average molecular weight is 378 g/mol. The largest absolute Gasteiger partial charge is 0.512 e. The zero-order valence-corrected chi connectivity index (χ0v) is 16.4. The Labute approximate surface area is 165 Å². The third-order valence-electron chi connectivity index (χ3n) is 4.94. The van der Waals surface area contributed by atoms with Crippen LogP contribution >= 0.6 is 0 Å². The van der Waals surface area contributed by atoms with Crippen molar-refractivity contribution in [1.29, 1.82) is 0 Å². The summed E-state index contributed by atoms with van der Waals surface area (Å²) in [7, 11) is 1.64. The first kappa shape index (κ1) is 19.8. The smallest absolute Gasteiger partial charge is 0.130 e. The van der Waals surface area contributed by atoms with Crippen molar-refractivity contribution in [3.63, 3.8) is 0 Å². The fraction of sp³-hybridized carbons (Fsp3) is 0.348. The molecule has 28 heavy (non-hydrogen) atoms. The number of unbranched alkanes of at least 4 members (excludes halogenated alkanes) is 1. The first-order valence-electron chi connectivity index (χ1n) is 9.73. The molecular formula is C23H26N2O3. The third-order valence-corrected chi connectivity index (χ3v) is 4.94.